The summed E-state index contributed by atoms with van der Waals surface area (Å²) in [6, 6.07) is 11.4. The molecule has 0 spiro atoms. The Morgan fingerprint density at radius 1 is 0.938 bits per heavy atom. The molecule has 2 aromatic carbocycles. The van der Waals surface area contributed by atoms with E-state index in [1.807, 2.05) is 0 Å². The molecule has 0 aliphatic carbocycles. The van der Waals surface area contributed by atoms with Crippen molar-refractivity contribution in [1.29, 1.82) is 0 Å². The molecule has 0 amide bonds. The third kappa shape index (κ3) is 5.86. The highest BCUT2D eigenvalue weighted by Crippen LogP contribution is 2.50. The molecule has 0 aromatic heterocycles. The highest BCUT2D eigenvalue weighted by atomic mass is 31.1. The van der Waals surface area contributed by atoms with E-state index in [2.05, 4.69) is 97.5 Å². The Labute approximate surface area is 198 Å². The van der Waals surface area contributed by atoms with E-state index < -0.39 is 0 Å². The average molecular weight is 458 g/mol. The second-order valence-corrected chi connectivity index (χ2v) is 11.8. The Balaban J connectivity index is 2.70. The molecule has 4 heteroatoms. The molecule has 0 aliphatic rings. The average Bonchev–Trinajstić information content (AvgIpc) is 2.74. The molecule has 2 aromatic rings. The first-order chi connectivity index (χ1) is 15.0. The van der Waals surface area contributed by atoms with Crippen LogP contribution in [0.5, 0.6) is 5.75 Å². The van der Waals surface area contributed by atoms with Crippen LogP contribution in [0.25, 0.3) is 0 Å². The molecular weight excluding hydrogens is 413 g/mol. The van der Waals surface area contributed by atoms with E-state index in [0.29, 0.717) is 8.58 Å². The molecule has 0 saturated carbocycles. The van der Waals surface area contributed by atoms with Crippen molar-refractivity contribution in [2.45, 2.75) is 79.3 Å². The number of hydrogen-bond donors (Lipinski definition) is 0. The van der Waals surface area contributed by atoms with Gasteiger partial charge in [-0.2, -0.15) is 0 Å². The van der Waals surface area contributed by atoms with Gasteiger partial charge in [0.1, 0.15) is 5.75 Å². The van der Waals surface area contributed by atoms with E-state index in [1.165, 1.54) is 33.2 Å². The number of hydrogen-bond acceptors (Lipinski definition) is 3. The minimum absolute atomic E-state index is 0.0386. The third-order valence-corrected chi connectivity index (χ3v) is 8.59. The number of rotatable bonds is 10. The molecule has 0 fully saturated rings. The zero-order chi connectivity index (χ0) is 24.1. The predicted molar refractivity (Wildman–Crippen MR) is 143 cm³/mol. The molecule has 0 heterocycles. The maximum Gasteiger partial charge on any atom is 0.188 e. The molecule has 32 heavy (non-hydrogen) atoms. The van der Waals surface area contributed by atoms with Crippen molar-refractivity contribution in [3.63, 3.8) is 0 Å². The molecule has 2 unspecified atom stereocenters. The monoisotopic (exact) mass is 457 g/mol. The van der Waals surface area contributed by atoms with Gasteiger partial charge in [-0.3, -0.25) is 0 Å². The third-order valence-electron chi connectivity index (χ3n) is 6.52. The predicted octanol–water partition coefficient (Wildman–Crippen LogP) is 7.06. The largest absolute Gasteiger partial charge is 0.467 e. The van der Waals surface area contributed by atoms with Gasteiger partial charge >= 0.3 is 0 Å². The number of anilines is 1. The molecule has 0 saturated heterocycles. The molecule has 2 rings (SSSR count). The second kappa shape index (κ2) is 11.0. The van der Waals surface area contributed by atoms with Crippen molar-refractivity contribution in [3.8, 4) is 5.75 Å². The molecule has 3 nitrogen and oxygen atoms in total. The number of benzene rings is 2. The van der Waals surface area contributed by atoms with Crippen LogP contribution < -0.4 is 14.9 Å². The summed E-state index contributed by atoms with van der Waals surface area (Å²) in [7, 11) is 2.32. The van der Waals surface area contributed by atoms with Crippen LogP contribution in [-0.2, 0) is 15.3 Å². The number of nitrogens with zero attached hydrogens (tertiary/aromatic N) is 1. The lowest BCUT2D eigenvalue weighted by molar-refractivity contribution is 0.0495. The summed E-state index contributed by atoms with van der Waals surface area (Å²) in [5.41, 5.74) is 6.66. The summed E-state index contributed by atoms with van der Waals surface area (Å²) < 4.78 is 11.5. The minimum atomic E-state index is -0.0386. The summed E-state index contributed by atoms with van der Waals surface area (Å²) in [5, 5.41) is 1.43. The smallest absolute Gasteiger partial charge is 0.188 e. The lowest BCUT2D eigenvalue weighted by Crippen LogP contribution is -2.29. The van der Waals surface area contributed by atoms with Gasteiger partial charge in [0.15, 0.2) is 6.79 Å². The van der Waals surface area contributed by atoms with E-state index in [0.717, 1.165) is 25.3 Å². The zero-order valence-corrected chi connectivity index (χ0v) is 23.0. The fourth-order valence-corrected chi connectivity index (χ4v) is 5.89. The van der Waals surface area contributed by atoms with Gasteiger partial charge in [0.2, 0.25) is 0 Å². The molecule has 0 radical (unpaired) electrons. The summed E-state index contributed by atoms with van der Waals surface area (Å²) >= 11 is 0. The van der Waals surface area contributed by atoms with Gasteiger partial charge in [0.25, 0.3) is 0 Å². The Morgan fingerprint density at radius 3 is 2.12 bits per heavy atom. The van der Waals surface area contributed by atoms with Crippen LogP contribution in [0.3, 0.4) is 0 Å². The summed E-state index contributed by atoms with van der Waals surface area (Å²) in [6.45, 7) is 22.8. The van der Waals surface area contributed by atoms with Gasteiger partial charge in [-0.05, 0) is 67.6 Å². The van der Waals surface area contributed by atoms with E-state index in [-0.39, 0.29) is 17.4 Å². The minimum Gasteiger partial charge on any atom is -0.467 e. The Kier molecular flexibility index (Phi) is 9.20. The maximum atomic E-state index is 6.19. The highest BCUT2D eigenvalue weighted by Gasteiger charge is 2.33. The van der Waals surface area contributed by atoms with Crippen molar-refractivity contribution in [2.75, 3.05) is 31.9 Å². The van der Waals surface area contributed by atoms with E-state index in [9.17, 15) is 0 Å². The first kappa shape index (κ1) is 26.7. The second-order valence-electron chi connectivity index (χ2n) is 9.92. The number of aryl methyl sites for hydroxylation is 2. The van der Waals surface area contributed by atoms with Gasteiger partial charge in [0.05, 0.1) is 0 Å². The van der Waals surface area contributed by atoms with Crippen LogP contribution in [0, 0.1) is 13.8 Å². The Morgan fingerprint density at radius 2 is 1.59 bits per heavy atom. The van der Waals surface area contributed by atoms with Crippen LogP contribution in [-0.4, -0.2) is 27.0 Å². The number of methoxy groups -OCH3 is 1. The van der Waals surface area contributed by atoms with Crippen LogP contribution in [0.2, 0.25) is 0 Å². The van der Waals surface area contributed by atoms with Crippen molar-refractivity contribution in [3.05, 3.63) is 52.6 Å². The van der Waals surface area contributed by atoms with Gasteiger partial charge in [0, 0.05) is 36.6 Å². The zero-order valence-electron chi connectivity index (χ0n) is 22.0. The SMILES string of the molecule is CCN(CC)c1cccc(C)c1PC(C)(CC)c1cc(C(C)(C)C)cc(C)c1OCOC. The van der Waals surface area contributed by atoms with Crippen molar-refractivity contribution < 1.29 is 9.47 Å². The first-order valence-corrected chi connectivity index (χ1v) is 12.9. The summed E-state index contributed by atoms with van der Waals surface area (Å²) in [6.07, 6.45) is 1.04. The van der Waals surface area contributed by atoms with E-state index >= 15 is 0 Å². The summed E-state index contributed by atoms with van der Waals surface area (Å²) in [4.78, 5) is 2.48. The van der Waals surface area contributed by atoms with E-state index in [4.69, 9.17) is 9.47 Å². The van der Waals surface area contributed by atoms with E-state index in [1.54, 1.807) is 7.11 Å². The van der Waals surface area contributed by atoms with Crippen molar-refractivity contribution >= 4 is 19.6 Å². The normalized spacial score (nSPS) is 14.1. The fraction of sp³-hybridized carbons (Fsp3) is 0.571. The molecule has 178 valence electrons. The highest BCUT2D eigenvalue weighted by molar-refractivity contribution is 7.49. The van der Waals surface area contributed by atoms with Crippen molar-refractivity contribution in [1.82, 2.24) is 0 Å². The van der Waals surface area contributed by atoms with Crippen LogP contribution >= 0.6 is 8.58 Å². The van der Waals surface area contributed by atoms with Crippen LogP contribution in [0.4, 0.5) is 5.69 Å². The van der Waals surface area contributed by atoms with Gasteiger partial charge < -0.3 is 14.4 Å². The molecule has 0 bridgehead atoms. The lowest BCUT2D eigenvalue weighted by Gasteiger charge is -2.36. The lowest BCUT2D eigenvalue weighted by atomic mass is 9.82. The molecule has 2 atom stereocenters. The molecule has 0 aliphatic heterocycles. The quantitative estimate of drug-likeness (QED) is 0.282. The van der Waals surface area contributed by atoms with Crippen LogP contribution in [0.1, 0.15) is 77.1 Å². The molecular formula is C28H44NO2P. The standard InChI is InChI=1S/C28H44NO2P/c1-11-28(9,32-26-20(4)15-14-16-24(26)29(12-2)13-3)23-18-22(27(6,7)8)17-21(5)25(23)31-19-30-10/h14-18,32H,11-13,19H2,1-10H3. The summed E-state index contributed by atoms with van der Waals surface area (Å²) in [5.74, 6) is 0.981. The Bertz CT molecular complexity index is 899. The van der Waals surface area contributed by atoms with Gasteiger partial charge in [-0.15, -0.1) is 0 Å². The first-order valence-electron chi connectivity index (χ1n) is 11.9. The Hall–Kier alpha value is -1.57. The molecule has 0 N–H and O–H groups in total. The van der Waals surface area contributed by atoms with Gasteiger partial charge in [-0.25, -0.2) is 0 Å². The fourth-order valence-electron chi connectivity index (χ4n) is 4.19. The van der Waals surface area contributed by atoms with Crippen molar-refractivity contribution in [2.24, 2.45) is 0 Å². The van der Waals surface area contributed by atoms with Crippen LogP contribution in [0.15, 0.2) is 30.3 Å². The van der Waals surface area contributed by atoms with Gasteiger partial charge in [-0.1, -0.05) is 67.5 Å². The maximum absolute atomic E-state index is 6.19. The number of ether oxygens (including phenoxy) is 2. The topological polar surface area (TPSA) is 21.7 Å².